The first-order valence-corrected chi connectivity index (χ1v) is 15.4. The lowest BCUT2D eigenvalue weighted by atomic mass is 10.2. The molecule has 1 atom stereocenters. The molecule has 0 amide bonds. The number of thioether (sulfide) groups is 2. The molecule has 1 N–H and O–H groups in total. The van der Waals surface area contributed by atoms with Crippen LogP contribution in [0.5, 0.6) is 0 Å². The number of anilines is 2. The van der Waals surface area contributed by atoms with Crippen molar-refractivity contribution < 1.29 is 4.74 Å². The van der Waals surface area contributed by atoms with Gasteiger partial charge in [0.15, 0.2) is 10.3 Å². The molecule has 0 aromatic carbocycles. The third kappa shape index (κ3) is 10.2. The molecule has 2 aliphatic rings. The quantitative estimate of drug-likeness (QED) is 0.171. The minimum atomic E-state index is 0.302. The standard InChI is InChI=1S/C27H38BrN7OS2/c1-6-22(36-5)18-21(28)17-20(3)19-37-26(29-7-2)31-24-30-25(35-15-13-34(4)14-16-35)33-27(32-24)38-23-11-9-8-10-12-23/h6-7,9,11-12,17,20H,2,8,10,13-16,18-19H2,1,3-5H3,(H,29,30,31,32,33)/b21-17+,22-6+. The summed E-state index contributed by atoms with van der Waals surface area (Å²) in [4.78, 5) is 24.5. The van der Waals surface area contributed by atoms with Gasteiger partial charge in [-0.3, -0.25) is 0 Å². The first kappa shape index (κ1) is 30.5. The van der Waals surface area contributed by atoms with Gasteiger partial charge in [0.2, 0.25) is 11.9 Å². The molecule has 206 valence electrons. The number of hydrogen-bond donors (Lipinski definition) is 1. The third-order valence-corrected chi connectivity index (χ3v) is 8.48. The fourth-order valence-electron chi connectivity index (χ4n) is 3.73. The highest BCUT2D eigenvalue weighted by Gasteiger charge is 2.20. The van der Waals surface area contributed by atoms with Crippen LogP contribution < -0.4 is 10.2 Å². The number of aliphatic imine (C=N–C) groups is 1. The maximum atomic E-state index is 5.38. The van der Waals surface area contributed by atoms with Gasteiger partial charge in [0.05, 0.1) is 12.9 Å². The number of piperazine rings is 1. The Kier molecular flexibility index (Phi) is 12.9. The summed E-state index contributed by atoms with van der Waals surface area (Å²) in [5.41, 5.74) is 0. The van der Waals surface area contributed by atoms with E-state index < -0.39 is 0 Å². The van der Waals surface area contributed by atoms with Gasteiger partial charge in [0.25, 0.3) is 0 Å². The van der Waals surface area contributed by atoms with E-state index >= 15 is 0 Å². The molecule has 1 aliphatic carbocycles. The number of aromatic nitrogens is 3. The summed E-state index contributed by atoms with van der Waals surface area (Å²) in [6, 6.07) is 0. The van der Waals surface area contributed by atoms with Crippen molar-refractivity contribution in [3.63, 3.8) is 0 Å². The van der Waals surface area contributed by atoms with E-state index in [1.165, 1.54) is 0 Å². The number of ether oxygens (including phenoxy) is 1. The first-order chi connectivity index (χ1) is 18.4. The molecule has 0 bridgehead atoms. The van der Waals surface area contributed by atoms with Gasteiger partial charge in [-0.2, -0.15) is 15.0 Å². The highest BCUT2D eigenvalue weighted by Crippen LogP contribution is 2.30. The number of hydrogen-bond acceptors (Lipinski definition) is 9. The van der Waals surface area contributed by atoms with Crippen LogP contribution >= 0.6 is 39.5 Å². The summed E-state index contributed by atoms with van der Waals surface area (Å²) in [5.74, 6) is 3.24. The Labute approximate surface area is 244 Å². The van der Waals surface area contributed by atoms with E-state index in [1.807, 2.05) is 13.0 Å². The van der Waals surface area contributed by atoms with Crippen molar-refractivity contribution in [2.75, 3.05) is 56.3 Å². The van der Waals surface area contributed by atoms with E-state index in [2.05, 4.69) is 80.9 Å². The van der Waals surface area contributed by atoms with E-state index in [1.54, 1.807) is 36.8 Å². The predicted octanol–water partition coefficient (Wildman–Crippen LogP) is 6.45. The predicted molar refractivity (Wildman–Crippen MR) is 167 cm³/mol. The summed E-state index contributed by atoms with van der Waals surface area (Å²) in [6.45, 7) is 11.7. The molecule has 0 spiro atoms. The van der Waals surface area contributed by atoms with Crippen LogP contribution in [0.4, 0.5) is 11.9 Å². The van der Waals surface area contributed by atoms with Gasteiger partial charge in [-0.15, -0.1) is 0 Å². The van der Waals surface area contributed by atoms with Crippen molar-refractivity contribution in [3.05, 3.63) is 58.3 Å². The van der Waals surface area contributed by atoms with E-state index in [9.17, 15) is 0 Å². The fraction of sp³-hybridized carbons (Fsp3) is 0.481. The minimum Gasteiger partial charge on any atom is -0.501 e. The molecule has 1 unspecified atom stereocenters. The summed E-state index contributed by atoms with van der Waals surface area (Å²) < 4.78 is 6.47. The average Bonchev–Trinajstić information content (AvgIpc) is 2.91. The van der Waals surface area contributed by atoms with E-state index in [4.69, 9.17) is 19.7 Å². The lowest BCUT2D eigenvalue weighted by molar-refractivity contribution is 0.283. The van der Waals surface area contributed by atoms with Crippen LogP contribution in [0.15, 0.2) is 68.5 Å². The Hall–Kier alpha value is -2.08. The van der Waals surface area contributed by atoms with Crippen molar-refractivity contribution in [3.8, 4) is 0 Å². The highest BCUT2D eigenvalue weighted by atomic mass is 79.9. The molecule has 0 saturated carbocycles. The zero-order valence-electron chi connectivity index (χ0n) is 22.7. The summed E-state index contributed by atoms with van der Waals surface area (Å²) in [7, 11) is 3.84. The number of allylic oxidation sites excluding steroid dienone is 6. The summed E-state index contributed by atoms with van der Waals surface area (Å²) >= 11 is 6.86. The molecule has 1 aliphatic heterocycles. The van der Waals surface area contributed by atoms with Crippen molar-refractivity contribution in [1.29, 1.82) is 0 Å². The second-order valence-electron chi connectivity index (χ2n) is 9.00. The molecule has 38 heavy (non-hydrogen) atoms. The number of amidine groups is 1. The van der Waals surface area contributed by atoms with Gasteiger partial charge in [-0.1, -0.05) is 65.5 Å². The molecule has 8 nitrogen and oxygen atoms in total. The van der Waals surface area contributed by atoms with Crippen LogP contribution in [0.2, 0.25) is 0 Å². The lowest BCUT2D eigenvalue weighted by Gasteiger charge is -2.32. The van der Waals surface area contributed by atoms with Gasteiger partial charge < -0.3 is 19.9 Å². The molecule has 1 fully saturated rings. The third-order valence-electron chi connectivity index (χ3n) is 5.86. The molecule has 1 aromatic rings. The number of methoxy groups -OCH3 is 1. The van der Waals surface area contributed by atoms with Crippen molar-refractivity contribution >= 4 is 56.5 Å². The summed E-state index contributed by atoms with van der Waals surface area (Å²) in [5, 5.41) is 4.71. The topological polar surface area (TPSA) is 78.8 Å². The Bertz CT molecular complexity index is 1090. The molecular formula is C27H38BrN7OS2. The van der Waals surface area contributed by atoms with Gasteiger partial charge >= 0.3 is 0 Å². The smallest absolute Gasteiger partial charge is 0.234 e. The molecular weight excluding hydrogens is 582 g/mol. The van der Waals surface area contributed by atoms with Crippen LogP contribution in [-0.4, -0.2) is 71.1 Å². The highest BCUT2D eigenvalue weighted by molar-refractivity contribution is 9.11. The van der Waals surface area contributed by atoms with Crippen LogP contribution in [0, 0.1) is 5.92 Å². The van der Waals surface area contributed by atoms with Crippen molar-refractivity contribution in [2.45, 2.75) is 38.3 Å². The van der Waals surface area contributed by atoms with Gasteiger partial charge in [-0.25, -0.2) is 4.99 Å². The van der Waals surface area contributed by atoms with Gasteiger partial charge in [-0.05, 0) is 55.1 Å². The number of halogens is 1. The number of nitrogens with zero attached hydrogens (tertiary/aromatic N) is 6. The maximum Gasteiger partial charge on any atom is 0.234 e. The molecule has 1 saturated heterocycles. The monoisotopic (exact) mass is 619 g/mol. The van der Waals surface area contributed by atoms with Crippen LogP contribution in [0.3, 0.4) is 0 Å². The number of rotatable bonds is 11. The zero-order chi connectivity index (χ0) is 27.3. The Morgan fingerprint density at radius 2 is 2.05 bits per heavy atom. The largest absolute Gasteiger partial charge is 0.501 e. The molecule has 1 aromatic heterocycles. The van der Waals surface area contributed by atoms with Gasteiger partial charge in [0.1, 0.15) is 0 Å². The second kappa shape index (κ2) is 16.1. The molecule has 0 radical (unpaired) electrons. The minimum absolute atomic E-state index is 0.302. The zero-order valence-corrected chi connectivity index (χ0v) is 25.9. The van der Waals surface area contributed by atoms with E-state index in [0.29, 0.717) is 28.1 Å². The number of nitrogens with one attached hydrogen (secondary N) is 1. The SMILES string of the molecule is C=CN=C(Nc1nc(SC2=CCCC=C2)nc(N2CCN(C)CC2)n1)SCC(C)/C=C(/Br)C/C(=C\C)OC. The Morgan fingerprint density at radius 1 is 1.26 bits per heavy atom. The average molecular weight is 621 g/mol. The van der Waals surface area contributed by atoms with E-state index in [0.717, 1.165) is 66.3 Å². The first-order valence-electron chi connectivity index (χ1n) is 12.8. The fourth-order valence-corrected chi connectivity index (χ4v) is 6.13. The second-order valence-corrected chi connectivity index (χ2v) is 12.1. The maximum absolute atomic E-state index is 5.38. The number of likely N-dealkylation sites (N-methyl/N-ethyl adjacent to an activating group) is 1. The Balaban J connectivity index is 1.74. The van der Waals surface area contributed by atoms with Crippen molar-refractivity contribution in [2.24, 2.45) is 10.9 Å². The Morgan fingerprint density at radius 3 is 2.71 bits per heavy atom. The molecule has 3 rings (SSSR count). The lowest BCUT2D eigenvalue weighted by Crippen LogP contribution is -2.45. The van der Waals surface area contributed by atoms with Gasteiger partial charge in [0, 0.05) is 49.5 Å². The van der Waals surface area contributed by atoms with E-state index in [-0.39, 0.29) is 0 Å². The van der Waals surface area contributed by atoms with Crippen LogP contribution in [0.1, 0.15) is 33.1 Å². The van der Waals surface area contributed by atoms with Crippen LogP contribution in [0.25, 0.3) is 0 Å². The van der Waals surface area contributed by atoms with Crippen molar-refractivity contribution in [1.82, 2.24) is 19.9 Å². The van der Waals surface area contributed by atoms with Crippen LogP contribution in [-0.2, 0) is 4.74 Å². The normalized spacial score (nSPS) is 18.3. The summed E-state index contributed by atoms with van der Waals surface area (Å²) in [6.07, 6.45) is 15.1. The molecule has 11 heteroatoms. The molecule has 2 heterocycles.